The van der Waals surface area contributed by atoms with Gasteiger partial charge in [-0.05, 0) is 32.9 Å². The van der Waals surface area contributed by atoms with Gasteiger partial charge < -0.3 is 4.74 Å². The first kappa shape index (κ1) is 16.5. The predicted octanol–water partition coefficient (Wildman–Crippen LogP) is 1.81. The SMILES string of the molecule is Cc1nn(C)c(C)c1/C=c1\sc2n(c1=O)[C@H]1C[C@@](C)(N=2)Oc2ccccc21. The van der Waals surface area contributed by atoms with Crippen molar-refractivity contribution < 1.29 is 4.74 Å². The third-order valence-corrected chi connectivity index (χ3v) is 6.48. The van der Waals surface area contributed by atoms with E-state index in [1.807, 2.05) is 67.4 Å². The summed E-state index contributed by atoms with van der Waals surface area (Å²) in [5, 5.41) is 4.45. The molecule has 0 saturated heterocycles. The van der Waals surface area contributed by atoms with Gasteiger partial charge in [-0.15, -0.1) is 0 Å². The molecular weight excluding hydrogens is 360 g/mol. The molecule has 0 unspecified atom stereocenters. The monoisotopic (exact) mass is 380 g/mol. The predicted molar refractivity (Wildman–Crippen MR) is 104 cm³/mol. The van der Waals surface area contributed by atoms with E-state index < -0.39 is 5.72 Å². The van der Waals surface area contributed by atoms with Crippen molar-refractivity contribution in [2.24, 2.45) is 12.0 Å². The molecule has 0 radical (unpaired) electrons. The van der Waals surface area contributed by atoms with Crippen LogP contribution in [0.15, 0.2) is 34.1 Å². The van der Waals surface area contributed by atoms with Crippen LogP contribution in [0.1, 0.15) is 41.9 Å². The minimum absolute atomic E-state index is 0.00477. The van der Waals surface area contributed by atoms with Crippen LogP contribution >= 0.6 is 11.3 Å². The van der Waals surface area contributed by atoms with Gasteiger partial charge in [-0.2, -0.15) is 5.10 Å². The molecule has 0 aliphatic carbocycles. The van der Waals surface area contributed by atoms with Crippen molar-refractivity contribution in [2.45, 2.75) is 39.0 Å². The first-order valence-electron chi connectivity index (χ1n) is 8.97. The lowest BCUT2D eigenvalue weighted by molar-refractivity contribution is 0.0410. The van der Waals surface area contributed by atoms with Gasteiger partial charge in [0.25, 0.3) is 5.56 Å². The fourth-order valence-corrected chi connectivity index (χ4v) is 5.17. The molecule has 7 heteroatoms. The van der Waals surface area contributed by atoms with Gasteiger partial charge in [0, 0.05) is 30.3 Å². The number of hydrogen-bond acceptors (Lipinski definition) is 5. The fourth-order valence-electron chi connectivity index (χ4n) is 4.07. The number of para-hydroxylation sites is 1. The Morgan fingerprint density at radius 2 is 2.11 bits per heavy atom. The summed E-state index contributed by atoms with van der Waals surface area (Å²) in [5.74, 6) is 0.813. The topological polar surface area (TPSA) is 61.4 Å². The highest BCUT2D eigenvalue weighted by Crippen LogP contribution is 2.42. The van der Waals surface area contributed by atoms with Crippen LogP contribution in [-0.2, 0) is 7.05 Å². The maximum absolute atomic E-state index is 13.3. The summed E-state index contributed by atoms with van der Waals surface area (Å²) in [5.41, 5.74) is 3.38. The zero-order chi connectivity index (χ0) is 18.9. The minimum Gasteiger partial charge on any atom is -0.466 e. The van der Waals surface area contributed by atoms with Crippen LogP contribution in [0.25, 0.3) is 6.08 Å². The van der Waals surface area contributed by atoms with Crippen molar-refractivity contribution in [2.75, 3.05) is 0 Å². The quantitative estimate of drug-likeness (QED) is 0.647. The van der Waals surface area contributed by atoms with Crippen LogP contribution in [0.2, 0.25) is 0 Å². The lowest BCUT2D eigenvalue weighted by atomic mass is 9.93. The van der Waals surface area contributed by atoms with Gasteiger partial charge in [-0.25, -0.2) is 4.99 Å². The molecule has 4 heterocycles. The van der Waals surface area contributed by atoms with Crippen molar-refractivity contribution in [3.05, 3.63) is 66.5 Å². The zero-order valence-corrected chi connectivity index (χ0v) is 16.5. The molecule has 2 bridgehead atoms. The molecule has 2 aliphatic heterocycles. The first-order valence-corrected chi connectivity index (χ1v) is 9.79. The summed E-state index contributed by atoms with van der Waals surface area (Å²) < 4.78 is 10.5. The molecular formula is C20H20N4O2S. The Hall–Kier alpha value is -2.67. The van der Waals surface area contributed by atoms with E-state index in [1.54, 1.807) is 0 Å². The Bertz CT molecular complexity index is 1270. The summed E-state index contributed by atoms with van der Waals surface area (Å²) in [7, 11) is 1.92. The Morgan fingerprint density at radius 3 is 2.85 bits per heavy atom. The van der Waals surface area contributed by atoms with E-state index >= 15 is 0 Å². The van der Waals surface area contributed by atoms with Crippen LogP contribution < -0.4 is 19.6 Å². The van der Waals surface area contributed by atoms with Gasteiger partial charge in [-0.3, -0.25) is 14.0 Å². The summed E-state index contributed by atoms with van der Waals surface area (Å²) in [6.45, 7) is 5.97. The molecule has 2 aliphatic rings. The Kier molecular flexibility index (Phi) is 3.31. The molecule has 0 saturated carbocycles. The van der Waals surface area contributed by atoms with Crippen molar-refractivity contribution in [1.29, 1.82) is 0 Å². The first-order chi connectivity index (χ1) is 12.9. The molecule has 0 amide bonds. The van der Waals surface area contributed by atoms with Gasteiger partial charge in [-0.1, -0.05) is 29.5 Å². The van der Waals surface area contributed by atoms with E-state index in [2.05, 4.69) is 5.10 Å². The highest BCUT2D eigenvalue weighted by molar-refractivity contribution is 7.07. The Balaban J connectivity index is 1.78. The van der Waals surface area contributed by atoms with E-state index in [1.165, 1.54) is 11.3 Å². The van der Waals surface area contributed by atoms with Crippen LogP contribution in [0.4, 0.5) is 0 Å². The maximum atomic E-state index is 13.3. The van der Waals surface area contributed by atoms with Gasteiger partial charge in [0.2, 0.25) is 5.72 Å². The van der Waals surface area contributed by atoms with Crippen molar-refractivity contribution in [1.82, 2.24) is 14.3 Å². The van der Waals surface area contributed by atoms with Crippen LogP contribution in [0.3, 0.4) is 0 Å². The number of nitrogens with zero attached hydrogens (tertiary/aromatic N) is 4. The van der Waals surface area contributed by atoms with Crippen LogP contribution in [-0.4, -0.2) is 20.1 Å². The number of rotatable bonds is 1. The average Bonchev–Trinajstić information content (AvgIpc) is 3.04. The second-order valence-electron chi connectivity index (χ2n) is 7.42. The van der Waals surface area contributed by atoms with Gasteiger partial charge in [0.15, 0.2) is 4.80 Å². The molecule has 3 aromatic rings. The molecule has 2 atom stereocenters. The van der Waals surface area contributed by atoms with E-state index in [4.69, 9.17) is 9.73 Å². The average molecular weight is 380 g/mol. The van der Waals surface area contributed by atoms with Crippen molar-refractivity contribution in [3.8, 4) is 5.75 Å². The zero-order valence-electron chi connectivity index (χ0n) is 15.7. The molecule has 0 spiro atoms. The Labute approximate surface area is 160 Å². The highest BCUT2D eigenvalue weighted by Gasteiger charge is 2.42. The number of ether oxygens (including phenoxy) is 1. The number of hydrogen-bond donors (Lipinski definition) is 0. The highest BCUT2D eigenvalue weighted by atomic mass is 32.1. The van der Waals surface area contributed by atoms with Crippen molar-refractivity contribution >= 4 is 17.4 Å². The third kappa shape index (κ3) is 2.34. The summed E-state index contributed by atoms with van der Waals surface area (Å²) in [6, 6.07) is 7.89. The van der Waals surface area contributed by atoms with Gasteiger partial charge >= 0.3 is 0 Å². The molecule has 5 rings (SSSR count). The number of aryl methyl sites for hydroxylation is 2. The van der Waals surface area contributed by atoms with E-state index in [-0.39, 0.29) is 11.6 Å². The number of aromatic nitrogens is 3. The standard InChI is InChI=1S/C20H20N4O2S/c1-11-14(12(2)23(4)22-11)9-17-18(25)24-15-10-20(3,21-19(24)27-17)26-16-8-6-5-7-13(15)16/h5-9,15H,10H2,1-4H3/b17-9-/t15-,20-/m0/s1. The third-order valence-electron chi connectivity index (χ3n) is 5.50. The lowest BCUT2D eigenvalue weighted by Gasteiger charge is -2.39. The molecule has 27 heavy (non-hydrogen) atoms. The molecule has 138 valence electrons. The lowest BCUT2D eigenvalue weighted by Crippen LogP contribution is -2.49. The number of benzene rings is 1. The summed E-state index contributed by atoms with van der Waals surface area (Å²) >= 11 is 1.42. The number of fused-ring (bicyclic) bond motifs is 6. The second-order valence-corrected chi connectivity index (χ2v) is 8.43. The largest absolute Gasteiger partial charge is 0.466 e. The molecule has 1 aromatic carbocycles. The fraction of sp³-hybridized carbons (Fsp3) is 0.350. The molecule has 2 aromatic heterocycles. The minimum atomic E-state index is -0.631. The van der Waals surface area contributed by atoms with E-state index in [0.717, 1.165) is 33.1 Å². The molecule has 0 fully saturated rings. The van der Waals surface area contributed by atoms with Crippen molar-refractivity contribution in [3.63, 3.8) is 0 Å². The van der Waals surface area contributed by atoms with E-state index in [9.17, 15) is 4.79 Å². The second kappa shape index (κ2) is 5.42. The Morgan fingerprint density at radius 1 is 1.33 bits per heavy atom. The van der Waals surface area contributed by atoms with E-state index in [0.29, 0.717) is 11.0 Å². The summed E-state index contributed by atoms with van der Waals surface area (Å²) in [6.07, 6.45) is 2.61. The van der Waals surface area contributed by atoms with Crippen LogP contribution in [0, 0.1) is 13.8 Å². The smallest absolute Gasteiger partial charge is 0.270 e. The van der Waals surface area contributed by atoms with Crippen LogP contribution in [0.5, 0.6) is 5.75 Å². The molecule has 6 nitrogen and oxygen atoms in total. The summed E-state index contributed by atoms with van der Waals surface area (Å²) in [4.78, 5) is 18.8. The van der Waals surface area contributed by atoms with Gasteiger partial charge in [0.05, 0.1) is 16.3 Å². The molecule has 0 N–H and O–H groups in total. The van der Waals surface area contributed by atoms with Gasteiger partial charge in [0.1, 0.15) is 5.75 Å². The normalized spacial score (nSPS) is 23.4. The number of thiazole rings is 1. The maximum Gasteiger partial charge on any atom is 0.270 e.